The van der Waals surface area contributed by atoms with Crippen molar-refractivity contribution in [2.75, 3.05) is 13.2 Å². The molecule has 0 amide bonds. The van der Waals surface area contributed by atoms with Crippen molar-refractivity contribution in [3.63, 3.8) is 0 Å². The molecule has 140 valence electrons. The van der Waals surface area contributed by atoms with Crippen molar-refractivity contribution in [2.24, 2.45) is 0 Å². The Morgan fingerprint density at radius 2 is 0.889 bits per heavy atom. The third kappa shape index (κ3) is 18.4. The van der Waals surface area contributed by atoms with Crippen LogP contribution in [0.2, 0.25) is 0 Å². The molecule has 0 rings (SSSR count). The fourth-order valence-electron chi connectivity index (χ4n) is 1.90. The van der Waals surface area contributed by atoms with Crippen molar-refractivity contribution in [1.82, 2.24) is 0 Å². The molecule has 0 aromatic carbocycles. The molecule has 0 fully saturated rings. The van der Waals surface area contributed by atoms with E-state index in [0.717, 1.165) is 0 Å². The fraction of sp³-hybridized carbons (Fsp3) is 1.00. The second kappa shape index (κ2) is 18.7. The molecule has 0 bridgehead atoms. The Balaban J connectivity index is -0.000000403. The summed E-state index contributed by atoms with van der Waals surface area (Å²) in [5.41, 5.74) is 0. The van der Waals surface area contributed by atoms with E-state index in [-0.39, 0.29) is 118 Å². The van der Waals surface area contributed by atoms with Crippen molar-refractivity contribution in [2.45, 2.75) is 76.5 Å². The van der Waals surface area contributed by atoms with E-state index >= 15 is 0 Å². The van der Waals surface area contributed by atoms with Gasteiger partial charge in [-0.05, 0) is 36.0 Å². The SMILES string of the molecule is CC(C)(CCCCOCCCCC(C)(C)P(=O)([O-])[O-])P(=O)([O-])[O-].[Na+].[Na+].[Na+].[Na+]. The number of ether oxygens (including phenoxy) is 1. The van der Waals surface area contributed by atoms with Gasteiger partial charge in [0.25, 0.3) is 0 Å². The average Bonchev–Trinajstić information content (AvgIpc) is 2.33. The summed E-state index contributed by atoms with van der Waals surface area (Å²) in [6, 6.07) is 0. The predicted octanol–water partition coefficient (Wildman–Crippen LogP) is -11.3. The second-order valence-electron chi connectivity index (χ2n) is 7.15. The van der Waals surface area contributed by atoms with Gasteiger partial charge in [0.15, 0.2) is 0 Å². The van der Waals surface area contributed by atoms with Crippen LogP contribution >= 0.6 is 15.2 Å². The van der Waals surface area contributed by atoms with E-state index in [9.17, 15) is 28.7 Å². The minimum atomic E-state index is -4.58. The number of rotatable bonds is 12. The molecule has 27 heavy (non-hydrogen) atoms. The van der Waals surface area contributed by atoms with Crippen LogP contribution in [0, 0.1) is 0 Å². The van der Waals surface area contributed by atoms with E-state index < -0.39 is 25.5 Å². The Morgan fingerprint density at radius 1 is 0.630 bits per heavy atom. The maximum absolute atomic E-state index is 11.0. The molecule has 0 heterocycles. The van der Waals surface area contributed by atoms with Crippen molar-refractivity contribution in [3.05, 3.63) is 0 Å². The first kappa shape index (κ1) is 41.5. The Labute approximate surface area is 252 Å². The van der Waals surface area contributed by atoms with E-state index in [1.165, 1.54) is 27.7 Å². The molecule has 0 saturated carbocycles. The molecule has 0 aliphatic carbocycles. The molecule has 0 spiro atoms. The fourth-order valence-corrected chi connectivity index (χ4v) is 2.76. The molecule has 0 radical (unpaired) electrons. The van der Waals surface area contributed by atoms with E-state index in [0.29, 0.717) is 51.7 Å². The summed E-state index contributed by atoms with van der Waals surface area (Å²) in [5.74, 6) is 0. The topological polar surface area (TPSA) is 136 Å². The molecular formula is C14H28Na4O7P2. The van der Waals surface area contributed by atoms with Crippen LogP contribution in [0.1, 0.15) is 66.2 Å². The van der Waals surface area contributed by atoms with Crippen LogP contribution in [0.4, 0.5) is 0 Å². The van der Waals surface area contributed by atoms with Gasteiger partial charge in [0, 0.05) is 13.2 Å². The summed E-state index contributed by atoms with van der Waals surface area (Å²) in [7, 11) is -9.17. The van der Waals surface area contributed by atoms with Gasteiger partial charge in [-0.3, -0.25) is 0 Å². The third-order valence-electron chi connectivity index (χ3n) is 4.14. The van der Waals surface area contributed by atoms with Crippen molar-refractivity contribution in [3.8, 4) is 0 Å². The molecule has 0 aromatic heterocycles. The number of hydrogen-bond donors (Lipinski definition) is 0. The van der Waals surface area contributed by atoms with Gasteiger partial charge in [0.2, 0.25) is 0 Å². The smallest absolute Gasteiger partial charge is 0.810 e. The standard InChI is InChI=1S/C14H32O7P2.4Na/c1-13(2,22(15,16)17)9-5-7-11-21-12-8-6-10-14(3,4)23(18,19)20;;;;/h5-12H2,1-4H3,(H2,15,16,17)(H2,18,19,20);;;;/q;4*+1/p-4. The minimum absolute atomic E-state index is 0. The van der Waals surface area contributed by atoms with E-state index in [1.54, 1.807) is 0 Å². The molecule has 0 N–H and O–H groups in total. The van der Waals surface area contributed by atoms with E-state index in [1.807, 2.05) is 0 Å². The Hall–Kier alpha value is 4.26. The zero-order chi connectivity index (χ0) is 18.4. The van der Waals surface area contributed by atoms with Gasteiger partial charge < -0.3 is 33.4 Å². The van der Waals surface area contributed by atoms with Crippen LogP contribution in [0.25, 0.3) is 0 Å². The van der Waals surface area contributed by atoms with Gasteiger partial charge >= 0.3 is 118 Å². The van der Waals surface area contributed by atoms with Crippen LogP contribution in [0.5, 0.6) is 0 Å². The summed E-state index contributed by atoms with van der Waals surface area (Å²) in [5, 5.41) is -2.47. The zero-order valence-electron chi connectivity index (χ0n) is 18.4. The van der Waals surface area contributed by atoms with Gasteiger partial charge in [-0.2, -0.15) is 0 Å². The van der Waals surface area contributed by atoms with Gasteiger partial charge in [-0.1, -0.05) is 55.7 Å². The van der Waals surface area contributed by atoms with Gasteiger partial charge in [-0.15, -0.1) is 0 Å². The van der Waals surface area contributed by atoms with Crippen LogP contribution < -0.4 is 138 Å². The van der Waals surface area contributed by atoms with E-state index in [4.69, 9.17) is 4.74 Å². The Kier molecular flexibility index (Phi) is 28.7. The van der Waals surface area contributed by atoms with Gasteiger partial charge in [0.05, 0.1) is 0 Å². The van der Waals surface area contributed by atoms with Crippen LogP contribution in [0.15, 0.2) is 0 Å². The van der Waals surface area contributed by atoms with Crippen LogP contribution in [-0.4, -0.2) is 23.5 Å². The first-order valence-corrected chi connectivity index (χ1v) is 10.9. The largest absolute Gasteiger partial charge is 1.00 e. The summed E-state index contributed by atoms with van der Waals surface area (Å²) < 4.78 is 27.4. The molecule has 0 aliphatic rings. The average molecular weight is 462 g/mol. The molecule has 0 aromatic rings. The molecule has 0 atom stereocenters. The number of unbranched alkanes of at least 4 members (excludes halogenated alkanes) is 2. The maximum atomic E-state index is 11.0. The minimum Gasteiger partial charge on any atom is -0.810 e. The molecule has 0 aliphatic heterocycles. The second-order valence-corrected chi connectivity index (χ2v) is 11.6. The van der Waals surface area contributed by atoms with Crippen LogP contribution in [0.3, 0.4) is 0 Å². The normalized spacial score (nSPS) is 12.1. The molecule has 0 unspecified atom stereocenters. The summed E-state index contributed by atoms with van der Waals surface area (Å²) >= 11 is 0. The first-order chi connectivity index (χ1) is 10.2. The van der Waals surface area contributed by atoms with E-state index in [2.05, 4.69) is 0 Å². The van der Waals surface area contributed by atoms with Crippen LogP contribution in [-0.2, 0) is 13.9 Å². The summed E-state index contributed by atoms with van der Waals surface area (Å²) in [6.07, 6.45) is 3.10. The van der Waals surface area contributed by atoms with Crippen molar-refractivity contribution in [1.29, 1.82) is 0 Å². The summed E-state index contributed by atoms with van der Waals surface area (Å²) in [4.78, 5) is 44.1. The Morgan fingerprint density at radius 3 is 1.11 bits per heavy atom. The Bertz CT molecular complexity index is 413. The maximum Gasteiger partial charge on any atom is 1.00 e. The first-order valence-electron chi connectivity index (χ1n) is 7.83. The molecular weight excluding hydrogens is 434 g/mol. The monoisotopic (exact) mass is 462 g/mol. The van der Waals surface area contributed by atoms with Gasteiger partial charge in [-0.25, -0.2) is 0 Å². The quantitative estimate of drug-likeness (QED) is 0.160. The molecule has 13 heteroatoms. The predicted molar refractivity (Wildman–Crippen MR) is 81.9 cm³/mol. The van der Waals surface area contributed by atoms with Gasteiger partial charge in [0.1, 0.15) is 0 Å². The molecule has 0 saturated heterocycles. The third-order valence-corrected chi connectivity index (χ3v) is 7.55. The molecule has 7 nitrogen and oxygen atoms in total. The van der Waals surface area contributed by atoms with Crippen molar-refractivity contribution < 1.29 is 152 Å². The zero-order valence-corrected chi connectivity index (χ0v) is 28.2. The number of hydrogen-bond acceptors (Lipinski definition) is 7. The summed E-state index contributed by atoms with van der Waals surface area (Å²) in [6.45, 7) is 6.65. The van der Waals surface area contributed by atoms with Crippen molar-refractivity contribution >= 4 is 15.2 Å².